The van der Waals surface area contributed by atoms with Crippen molar-refractivity contribution >= 4 is 12.1 Å². The molecule has 156 valence electrons. The Kier molecular flexibility index (Phi) is 5.53. The Morgan fingerprint density at radius 2 is 2.23 bits per heavy atom. The van der Waals surface area contributed by atoms with Crippen molar-refractivity contribution in [2.75, 3.05) is 6.54 Å². The van der Waals surface area contributed by atoms with Crippen LogP contribution in [0.2, 0.25) is 0 Å². The minimum absolute atomic E-state index is 0.0479. The van der Waals surface area contributed by atoms with Gasteiger partial charge in [-0.2, -0.15) is 0 Å². The lowest BCUT2D eigenvalue weighted by atomic mass is 9.85. The van der Waals surface area contributed by atoms with Crippen LogP contribution in [0, 0.1) is 18.7 Å². The highest BCUT2D eigenvalue weighted by Crippen LogP contribution is 2.34. The summed E-state index contributed by atoms with van der Waals surface area (Å²) in [4.78, 5) is 23.1. The van der Waals surface area contributed by atoms with Gasteiger partial charge in [0.15, 0.2) is 11.6 Å². The maximum atomic E-state index is 14.8. The van der Waals surface area contributed by atoms with Gasteiger partial charge in [-0.05, 0) is 50.8 Å². The van der Waals surface area contributed by atoms with Crippen LogP contribution in [-0.4, -0.2) is 33.1 Å². The van der Waals surface area contributed by atoms with E-state index >= 15 is 0 Å². The van der Waals surface area contributed by atoms with E-state index in [4.69, 9.17) is 4.74 Å². The Morgan fingerprint density at radius 1 is 1.43 bits per heavy atom. The average Bonchev–Trinajstić information content (AvgIpc) is 3.15. The molecule has 1 amide bonds. The smallest absolute Gasteiger partial charge is 0.291 e. The van der Waals surface area contributed by atoms with Crippen LogP contribution in [0.3, 0.4) is 0 Å². The molecule has 6 nitrogen and oxygen atoms in total. The van der Waals surface area contributed by atoms with Gasteiger partial charge in [0, 0.05) is 24.4 Å². The van der Waals surface area contributed by atoms with E-state index in [1.54, 1.807) is 31.3 Å². The maximum absolute atomic E-state index is 14.8. The Hall–Kier alpha value is -3.22. The number of imidazole rings is 1. The van der Waals surface area contributed by atoms with E-state index in [1.807, 2.05) is 16.4 Å². The van der Waals surface area contributed by atoms with Crippen LogP contribution in [0.1, 0.15) is 42.5 Å². The van der Waals surface area contributed by atoms with Crippen molar-refractivity contribution in [1.29, 1.82) is 0 Å². The molecule has 2 heterocycles. The third-order valence-electron chi connectivity index (χ3n) is 5.57. The Bertz CT molecular complexity index is 1050. The number of carbonyl (C=O) groups is 1. The highest BCUT2D eigenvalue weighted by Gasteiger charge is 2.35. The first kappa shape index (κ1) is 20.1. The monoisotopic (exact) mass is 408 g/mol. The molecular weight excluding hydrogens is 383 g/mol. The number of benzene rings is 1. The molecular formula is C23H25FN4O2. The number of allylic oxidation sites excluding steroid dienone is 2. The van der Waals surface area contributed by atoms with Gasteiger partial charge >= 0.3 is 0 Å². The van der Waals surface area contributed by atoms with Gasteiger partial charge in [0.05, 0.1) is 18.1 Å². The summed E-state index contributed by atoms with van der Waals surface area (Å²) in [6.45, 7) is 8.42. The molecule has 1 aromatic heterocycles. The van der Waals surface area contributed by atoms with Gasteiger partial charge < -0.3 is 14.2 Å². The fourth-order valence-electron chi connectivity index (χ4n) is 3.92. The summed E-state index contributed by atoms with van der Waals surface area (Å²) in [5, 5.41) is 0. The van der Waals surface area contributed by atoms with Gasteiger partial charge in [0.25, 0.3) is 5.91 Å². The number of aromatic nitrogens is 2. The van der Waals surface area contributed by atoms with Crippen molar-refractivity contribution in [3.05, 3.63) is 60.1 Å². The maximum Gasteiger partial charge on any atom is 0.291 e. The Balaban J connectivity index is 1.61. The highest BCUT2D eigenvalue weighted by molar-refractivity contribution is 5.94. The second-order valence-electron chi connectivity index (χ2n) is 7.64. The third-order valence-corrected chi connectivity index (χ3v) is 5.57. The van der Waals surface area contributed by atoms with Gasteiger partial charge in [0.1, 0.15) is 0 Å². The number of amides is 1. The van der Waals surface area contributed by atoms with E-state index in [0.29, 0.717) is 29.7 Å². The van der Waals surface area contributed by atoms with Gasteiger partial charge in [0.2, 0.25) is 11.7 Å². The zero-order valence-corrected chi connectivity index (χ0v) is 17.3. The topological polar surface area (TPSA) is 59.7 Å². The van der Waals surface area contributed by atoms with Crippen LogP contribution >= 0.6 is 0 Å². The van der Waals surface area contributed by atoms with Crippen molar-refractivity contribution in [2.45, 2.75) is 39.8 Å². The first-order valence-corrected chi connectivity index (χ1v) is 10.2. The molecule has 1 aromatic carbocycles. The molecule has 7 heteroatoms. The summed E-state index contributed by atoms with van der Waals surface area (Å²) < 4.78 is 22.2. The predicted molar refractivity (Wildman–Crippen MR) is 114 cm³/mol. The fraction of sp³-hybridized carbons (Fsp3) is 0.348. The number of nitrogens with zero attached hydrogens (tertiary/aromatic N) is 4. The lowest BCUT2D eigenvalue weighted by Gasteiger charge is -2.29. The second-order valence-corrected chi connectivity index (χ2v) is 7.64. The molecule has 0 saturated heterocycles. The van der Waals surface area contributed by atoms with Gasteiger partial charge in [-0.25, -0.2) is 14.4 Å². The summed E-state index contributed by atoms with van der Waals surface area (Å²) in [5.41, 5.74) is 2.12. The number of aliphatic imine (C=N–C) groups is 1. The van der Waals surface area contributed by atoms with Gasteiger partial charge in [-0.1, -0.05) is 19.1 Å². The molecule has 0 atom stereocenters. The number of hydrogen-bond donors (Lipinski definition) is 0. The SMILES string of the molecule is C=C/C=C(\N=C/C)Oc1ccc(-c2c(C)nc3n2CN(CC2CCC2)C3=O)cc1F. The normalized spacial score (nSPS) is 16.8. The first-order valence-electron chi connectivity index (χ1n) is 10.2. The summed E-state index contributed by atoms with van der Waals surface area (Å²) in [6.07, 6.45) is 8.24. The number of fused-ring (bicyclic) bond motifs is 1. The molecule has 4 rings (SSSR count). The van der Waals surface area contributed by atoms with Crippen molar-refractivity contribution in [2.24, 2.45) is 10.9 Å². The number of carbonyl (C=O) groups excluding carboxylic acids is 1. The minimum atomic E-state index is -0.514. The quantitative estimate of drug-likeness (QED) is 0.379. The Labute approximate surface area is 175 Å². The molecule has 1 aliphatic heterocycles. The molecule has 0 N–H and O–H groups in total. The molecule has 1 saturated carbocycles. The minimum Gasteiger partial charge on any atom is -0.436 e. The lowest BCUT2D eigenvalue weighted by molar-refractivity contribution is 0.0702. The zero-order valence-electron chi connectivity index (χ0n) is 17.3. The van der Waals surface area contributed by atoms with Crippen LogP contribution < -0.4 is 4.74 Å². The number of ether oxygens (including phenoxy) is 1. The van der Waals surface area contributed by atoms with E-state index in [0.717, 1.165) is 12.2 Å². The summed E-state index contributed by atoms with van der Waals surface area (Å²) in [6, 6.07) is 4.75. The molecule has 0 bridgehead atoms. The number of aryl methyl sites for hydroxylation is 1. The van der Waals surface area contributed by atoms with Crippen LogP contribution in [-0.2, 0) is 6.67 Å². The van der Waals surface area contributed by atoms with E-state index < -0.39 is 5.82 Å². The average molecular weight is 408 g/mol. The molecule has 30 heavy (non-hydrogen) atoms. The molecule has 1 aliphatic carbocycles. The number of hydrogen-bond acceptors (Lipinski definition) is 4. The third kappa shape index (κ3) is 3.67. The first-order chi connectivity index (χ1) is 14.5. The largest absolute Gasteiger partial charge is 0.436 e. The summed E-state index contributed by atoms with van der Waals surface area (Å²) in [7, 11) is 0. The van der Waals surface area contributed by atoms with Gasteiger partial charge in [-0.3, -0.25) is 4.79 Å². The lowest BCUT2D eigenvalue weighted by Crippen LogP contribution is -2.33. The van der Waals surface area contributed by atoms with Crippen LogP contribution in [0.4, 0.5) is 4.39 Å². The van der Waals surface area contributed by atoms with Crippen LogP contribution in [0.15, 0.2) is 47.8 Å². The number of halogens is 1. The zero-order chi connectivity index (χ0) is 21.3. The molecule has 0 unspecified atom stereocenters. The van der Waals surface area contributed by atoms with E-state index in [2.05, 4.69) is 16.6 Å². The van der Waals surface area contributed by atoms with Crippen molar-refractivity contribution < 1.29 is 13.9 Å². The molecule has 2 aromatic rings. The van der Waals surface area contributed by atoms with Gasteiger partial charge in [-0.15, -0.1) is 0 Å². The highest BCUT2D eigenvalue weighted by atomic mass is 19.1. The second kappa shape index (κ2) is 8.26. The predicted octanol–water partition coefficient (Wildman–Crippen LogP) is 4.71. The van der Waals surface area contributed by atoms with Crippen molar-refractivity contribution in [1.82, 2.24) is 14.5 Å². The van der Waals surface area contributed by atoms with E-state index in [9.17, 15) is 9.18 Å². The van der Waals surface area contributed by atoms with E-state index in [-0.39, 0.29) is 17.5 Å². The van der Waals surface area contributed by atoms with Crippen molar-refractivity contribution in [3.63, 3.8) is 0 Å². The molecule has 2 aliphatic rings. The van der Waals surface area contributed by atoms with E-state index in [1.165, 1.54) is 31.4 Å². The number of rotatable bonds is 7. The van der Waals surface area contributed by atoms with Crippen LogP contribution in [0.25, 0.3) is 11.3 Å². The van der Waals surface area contributed by atoms with Crippen molar-refractivity contribution in [3.8, 4) is 17.0 Å². The summed E-state index contributed by atoms with van der Waals surface area (Å²) >= 11 is 0. The summed E-state index contributed by atoms with van der Waals surface area (Å²) in [5.74, 6) is 0.765. The molecule has 1 fully saturated rings. The fourth-order valence-corrected chi connectivity index (χ4v) is 3.92. The molecule has 0 spiro atoms. The van der Waals surface area contributed by atoms with Crippen LogP contribution in [0.5, 0.6) is 5.75 Å². The Morgan fingerprint density at radius 3 is 2.87 bits per heavy atom. The standard InChI is InChI=1S/C23H25FN4O2/c1-4-7-20(25-5-2)30-19-11-10-17(12-18(19)24)21-15(3)26-22-23(29)27(14-28(21)22)13-16-8-6-9-16/h4-5,7,10-12,16H,1,6,8-9,13-14H2,2-3H3/b20-7+,25-5-. The molecule has 0 radical (unpaired) electrons.